The lowest BCUT2D eigenvalue weighted by Gasteiger charge is -2.36. The normalized spacial score (nSPS) is 22.5. The van der Waals surface area contributed by atoms with Crippen molar-refractivity contribution in [2.75, 3.05) is 4.90 Å². The van der Waals surface area contributed by atoms with Crippen LogP contribution in [0.15, 0.2) is 60.7 Å². The second kappa shape index (κ2) is 8.25. The number of hydrogen-bond donors (Lipinski definition) is 2. The van der Waals surface area contributed by atoms with Crippen molar-refractivity contribution >= 4 is 28.9 Å². The van der Waals surface area contributed by atoms with Gasteiger partial charge in [0.15, 0.2) is 0 Å². The van der Waals surface area contributed by atoms with E-state index < -0.39 is 23.0 Å². The van der Waals surface area contributed by atoms with Crippen LogP contribution in [0, 0.1) is 0 Å². The largest absolute Gasteiger partial charge is 0.488 e. The highest BCUT2D eigenvalue weighted by atomic mass is 35.5. The smallest absolute Gasteiger partial charge is 0.313 e. The number of carbonyl (C=O) groups is 1. The van der Waals surface area contributed by atoms with Gasteiger partial charge in [-0.15, -0.1) is 0 Å². The monoisotopic (exact) mass is 505 g/mol. The lowest BCUT2D eigenvalue weighted by molar-refractivity contribution is -0.142. The Morgan fingerprint density at radius 1 is 1.08 bits per heavy atom. The molecular weight excluding hydrogens is 474 g/mol. The fourth-order valence-corrected chi connectivity index (χ4v) is 5.57. The fraction of sp³-hybridized carbons (Fsp3) is 0.367. The van der Waals surface area contributed by atoms with Crippen molar-refractivity contribution in [1.29, 1.82) is 0 Å². The summed E-state index contributed by atoms with van der Waals surface area (Å²) in [7, 11) is 0. The molecule has 0 spiro atoms. The van der Waals surface area contributed by atoms with Crippen molar-refractivity contribution in [3.63, 3.8) is 0 Å². The van der Waals surface area contributed by atoms with Crippen molar-refractivity contribution in [3.8, 4) is 5.75 Å². The van der Waals surface area contributed by atoms with E-state index in [1.165, 1.54) is 0 Å². The number of aryl methyl sites for hydroxylation is 1. The quantitative estimate of drug-likeness (QED) is 0.419. The summed E-state index contributed by atoms with van der Waals surface area (Å²) in [6.07, 6.45) is 0.887. The van der Waals surface area contributed by atoms with E-state index in [-0.39, 0.29) is 5.60 Å². The highest BCUT2D eigenvalue weighted by Crippen LogP contribution is 2.53. The van der Waals surface area contributed by atoms with E-state index in [9.17, 15) is 15.0 Å². The maximum Gasteiger partial charge on any atom is 0.313 e. The van der Waals surface area contributed by atoms with E-state index >= 15 is 0 Å². The third-order valence-corrected chi connectivity index (χ3v) is 8.20. The molecule has 6 heteroatoms. The van der Waals surface area contributed by atoms with Gasteiger partial charge < -0.3 is 19.8 Å². The molecular formula is C30H32ClNO4. The highest BCUT2D eigenvalue weighted by molar-refractivity contribution is 6.30. The van der Waals surface area contributed by atoms with Crippen LogP contribution in [0.4, 0.5) is 11.4 Å². The number of carboxylic acids is 1. The third kappa shape index (κ3) is 3.77. The number of fused-ring (bicyclic) bond motifs is 2. The first-order valence-corrected chi connectivity index (χ1v) is 12.7. The number of nitrogens with zero attached hydrogens (tertiary/aromatic N) is 1. The summed E-state index contributed by atoms with van der Waals surface area (Å²) in [5, 5.41) is 22.3. The summed E-state index contributed by atoms with van der Waals surface area (Å²) in [4.78, 5) is 13.8. The van der Waals surface area contributed by atoms with Gasteiger partial charge in [0.1, 0.15) is 17.6 Å². The van der Waals surface area contributed by atoms with E-state index in [4.69, 9.17) is 16.3 Å². The van der Waals surface area contributed by atoms with Crippen LogP contribution in [0.5, 0.6) is 5.75 Å². The number of halogens is 1. The van der Waals surface area contributed by atoms with Crippen molar-refractivity contribution in [2.24, 2.45) is 0 Å². The summed E-state index contributed by atoms with van der Waals surface area (Å²) in [5.41, 5.74) is 3.22. The third-order valence-electron chi connectivity index (χ3n) is 7.96. The highest BCUT2D eigenvalue weighted by Gasteiger charge is 2.49. The van der Waals surface area contributed by atoms with Gasteiger partial charge >= 0.3 is 5.97 Å². The molecule has 5 nitrogen and oxygen atoms in total. The van der Waals surface area contributed by atoms with Crippen molar-refractivity contribution in [3.05, 3.63) is 87.9 Å². The van der Waals surface area contributed by atoms with E-state index in [1.807, 2.05) is 66.4 Å². The zero-order valence-corrected chi connectivity index (χ0v) is 22.1. The zero-order valence-electron chi connectivity index (χ0n) is 21.3. The molecule has 0 aliphatic carbocycles. The van der Waals surface area contributed by atoms with Gasteiger partial charge in [-0.2, -0.15) is 0 Å². The number of hydrogen-bond acceptors (Lipinski definition) is 4. The first kappa shape index (κ1) is 24.7. The minimum atomic E-state index is -1.07. The molecule has 0 amide bonds. The molecule has 0 saturated carbocycles. The molecule has 3 aromatic carbocycles. The lowest BCUT2D eigenvalue weighted by Crippen LogP contribution is -2.42. The predicted molar refractivity (Wildman–Crippen MR) is 143 cm³/mol. The first-order chi connectivity index (χ1) is 16.8. The van der Waals surface area contributed by atoms with Gasteiger partial charge in [0, 0.05) is 16.4 Å². The Morgan fingerprint density at radius 2 is 1.83 bits per heavy atom. The van der Waals surface area contributed by atoms with Crippen LogP contribution < -0.4 is 9.64 Å². The van der Waals surface area contributed by atoms with Crippen LogP contribution in [-0.2, 0) is 22.0 Å². The second-order valence-corrected chi connectivity index (χ2v) is 11.7. The van der Waals surface area contributed by atoms with Gasteiger partial charge in [-0.1, -0.05) is 35.9 Å². The number of aliphatic hydroxyl groups is 1. The Kier molecular flexibility index (Phi) is 5.66. The minimum Gasteiger partial charge on any atom is -0.488 e. The maximum atomic E-state index is 12.0. The molecule has 36 heavy (non-hydrogen) atoms. The second-order valence-electron chi connectivity index (χ2n) is 11.3. The summed E-state index contributed by atoms with van der Waals surface area (Å²) in [6, 6.07) is 19.2. The van der Waals surface area contributed by atoms with Gasteiger partial charge in [0.05, 0.1) is 10.8 Å². The van der Waals surface area contributed by atoms with Crippen molar-refractivity contribution in [2.45, 2.75) is 70.1 Å². The summed E-state index contributed by atoms with van der Waals surface area (Å²) < 4.78 is 6.20. The van der Waals surface area contributed by atoms with E-state index in [0.29, 0.717) is 10.6 Å². The molecule has 2 aliphatic heterocycles. The van der Waals surface area contributed by atoms with E-state index in [2.05, 4.69) is 19.9 Å². The number of carboxylic acid groups (broad SMARTS) is 1. The molecule has 2 heterocycles. The average Bonchev–Trinajstić information content (AvgIpc) is 3.05. The standard InChI is InChI=1S/C30H32ClNO4/c1-28(2)14-13-18-15-20(9-12-25(18)36-28)30(5)23-17-21(31)10-11-24(23)32(26(30)33)22-8-6-7-19(16-22)29(3,4)27(34)35/h6-12,15-17,26,33H,13-14H2,1-5H3,(H,34,35)/t26?,30-/m0/s1. The Balaban J connectivity index is 1.64. The average molecular weight is 506 g/mol. The van der Waals surface area contributed by atoms with Crippen molar-refractivity contribution in [1.82, 2.24) is 0 Å². The lowest BCUT2D eigenvalue weighted by atomic mass is 9.75. The van der Waals surface area contributed by atoms with Gasteiger partial charge in [-0.3, -0.25) is 4.79 Å². The predicted octanol–water partition coefficient (Wildman–Crippen LogP) is 6.58. The molecule has 2 atom stereocenters. The number of aliphatic hydroxyl groups excluding tert-OH is 1. The van der Waals surface area contributed by atoms with Crippen LogP contribution in [0.25, 0.3) is 0 Å². The fourth-order valence-electron chi connectivity index (χ4n) is 5.40. The molecule has 188 valence electrons. The number of rotatable bonds is 4. The van der Waals surface area contributed by atoms with Crippen LogP contribution in [0.3, 0.4) is 0 Å². The Bertz CT molecular complexity index is 1360. The van der Waals surface area contributed by atoms with Crippen LogP contribution in [-0.4, -0.2) is 28.0 Å². The van der Waals surface area contributed by atoms with Gasteiger partial charge in [0.25, 0.3) is 0 Å². The summed E-state index contributed by atoms with van der Waals surface area (Å²) in [6.45, 7) is 9.60. The zero-order chi connectivity index (χ0) is 26.0. The van der Waals surface area contributed by atoms with Gasteiger partial charge in [-0.25, -0.2) is 0 Å². The Morgan fingerprint density at radius 3 is 2.56 bits per heavy atom. The number of ether oxygens (including phenoxy) is 1. The SMILES string of the molecule is CC1(C)CCc2cc([C@@]3(C)c4cc(Cl)ccc4N(c4cccc(C(C)(C)C(=O)O)c4)C3O)ccc2O1. The molecule has 1 unspecified atom stereocenters. The minimum absolute atomic E-state index is 0.197. The topological polar surface area (TPSA) is 70.0 Å². The Hall–Kier alpha value is -3.02. The number of anilines is 2. The Labute approximate surface area is 217 Å². The summed E-state index contributed by atoms with van der Waals surface area (Å²) >= 11 is 6.46. The molecule has 0 bridgehead atoms. The molecule has 0 saturated heterocycles. The molecule has 0 fully saturated rings. The molecule has 0 aromatic heterocycles. The molecule has 2 N–H and O–H groups in total. The number of benzene rings is 3. The molecule has 0 radical (unpaired) electrons. The van der Waals surface area contributed by atoms with Crippen LogP contribution in [0.1, 0.15) is 63.3 Å². The van der Waals surface area contributed by atoms with Crippen LogP contribution >= 0.6 is 11.6 Å². The van der Waals surface area contributed by atoms with Crippen molar-refractivity contribution < 1.29 is 19.7 Å². The van der Waals surface area contributed by atoms with E-state index in [1.54, 1.807) is 13.8 Å². The van der Waals surface area contributed by atoms with E-state index in [0.717, 1.165) is 46.7 Å². The number of aliphatic carboxylic acids is 1. The molecule has 3 aromatic rings. The molecule has 2 aliphatic rings. The maximum absolute atomic E-state index is 12.0. The van der Waals surface area contributed by atoms with Gasteiger partial charge in [0.2, 0.25) is 0 Å². The summed E-state index contributed by atoms with van der Waals surface area (Å²) in [5.74, 6) is -0.0176. The van der Waals surface area contributed by atoms with Gasteiger partial charge in [-0.05, 0) is 106 Å². The first-order valence-electron chi connectivity index (χ1n) is 12.3. The molecule has 5 rings (SSSR count). The van der Waals surface area contributed by atoms with Crippen LogP contribution in [0.2, 0.25) is 5.02 Å².